The van der Waals surface area contributed by atoms with Crippen LogP contribution in [0.3, 0.4) is 0 Å². The molecule has 88 valence electrons. The third kappa shape index (κ3) is 4.07. The molecule has 1 N–H and O–H groups in total. The van der Waals surface area contributed by atoms with Gasteiger partial charge in [-0.3, -0.25) is 4.79 Å². The molecule has 1 aromatic rings. The Morgan fingerprint density at radius 2 is 2.25 bits per heavy atom. The molecule has 0 saturated heterocycles. The molecule has 1 unspecified atom stereocenters. The van der Waals surface area contributed by atoms with Gasteiger partial charge in [0.15, 0.2) is 0 Å². The summed E-state index contributed by atoms with van der Waals surface area (Å²) in [6.07, 6.45) is 0.900. The highest BCUT2D eigenvalue weighted by Gasteiger charge is 2.12. The Bertz CT molecular complexity index is 384. The molecule has 0 aromatic heterocycles. The largest absolute Gasteiger partial charge is 0.350 e. The Labute approximate surface area is 117 Å². The maximum atomic E-state index is 11.9. The van der Waals surface area contributed by atoms with Crippen LogP contribution in [0.1, 0.15) is 23.7 Å². The highest BCUT2D eigenvalue weighted by Crippen LogP contribution is 2.21. The minimum absolute atomic E-state index is 0.0861. The van der Waals surface area contributed by atoms with E-state index < -0.39 is 0 Å². The van der Waals surface area contributed by atoms with Gasteiger partial charge in [-0.15, -0.1) is 0 Å². The minimum Gasteiger partial charge on any atom is -0.350 e. The lowest BCUT2D eigenvalue weighted by atomic mass is 10.2. The molecule has 0 spiro atoms. The highest BCUT2D eigenvalue weighted by molar-refractivity contribution is 9.10. The van der Waals surface area contributed by atoms with E-state index in [0.29, 0.717) is 15.1 Å². The molecule has 0 bridgehead atoms. The second kappa shape index (κ2) is 6.62. The van der Waals surface area contributed by atoms with Crippen LogP contribution in [-0.2, 0) is 0 Å². The van der Waals surface area contributed by atoms with Crippen molar-refractivity contribution < 1.29 is 4.79 Å². The maximum Gasteiger partial charge on any atom is 0.252 e. The van der Waals surface area contributed by atoms with Crippen molar-refractivity contribution in [3.05, 3.63) is 33.3 Å². The van der Waals surface area contributed by atoms with Gasteiger partial charge in [0, 0.05) is 20.9 Å². The van der Waals surface area contributed by atoms with E-state index in [0.717, 1.165) is 11.8 Å². The van der Waals surface area contributed by atoms with Crippen LogP contribution in [0.5, 0.6) is 0 Å². The van der Waals surface area contributed by atoms with Crippen LogP contribution in [0.15, 0.2) is 22.7 Å². The van der Waals surface area contributed by atoms with Gasteiger partial charge in [-0.05, 0) is 47.5 Å². The molecule has 16 heavy (non-hydrogen) atoms. The Hall–Kier alpha value is -0.0600. The maximum absolute atomic E-state index is 11.9. The average Bonchev–Trinajstić information content (AvgIpc) is 2.17. The number of carbonyl (C=O) groups is 1. The molecule has 0 aliphatic rings. The zero-order chi connectivity index (χ0) is 12.1. The van der Waals surface area contributed by atoms with Crippen LogP contribution in [0.2, 0.25) is 5.02 Å². The molecule has 1 amide bonds. The van der Waals surface area contributed by atoms with Gasteiger partial charge in [0.05, 0.1) is 5.56 Å². The smallest absolute Gasteiger partial charge is 0.252 e. The fourth-order valence-corrected chi connectivity index (χ4v) is 2.76. The summed E-state index contributed by atoms with van der Waals surface area (Å²) < 4.78 is 0.712. The van der Waals surface area contributed by atoms with E-state index in [4.69, 9.17) is 11.6 Å². The summed E-state index contributed by atoms with van der Waals surface area (Å²) in [5.74, 6) is -0.0861. The van der Waals surface area contributed by atoms with Crippen molar-refractivity contribution in [1.29, 1.82) is 0 Å². The SMILES string of the molecule is CC(CCBr)NC(=O)c1ccc(Cl)cc1Br. The zero-order valence-electron chi connectivity index (χ0n) is 8.77. The first-order chi connectivity index (χ1) is 7.54. The summed E-state index contributed by atoms with van der Waals surface area (Å²) in [5, 5.41) is 4.39. The summed E-state index contributed by atoms with van der Waals surface area (Å²) in [6, 6.07) is 5.28. The predicted octanol–water partition coefficient (Wildman–Crippen LogP) is 4.01. The molecular formula is C11H12Br2ClNO. The summed E-state index contributed by atoms with van der Waals surface area (Å²) in [5.41, 5.74) is 0.603. The van der Waals surface area contributed by atoms with E-state index in [-0.39, 0.29) is 11.9 Å². The minimum atomic E-state index is -0.0861. The van der Waals surface area contributed by atoms with Crippen LogP contribution in [-0.4, -0.2) is 17.3 Å². The fourth-order valence-electron chi connectivity index (χ4n) is 1.21. The molecule has 0 fully saturated rings. The molecular weight excluding hydrogens is 357 g/mol. The molecule has 0 aliphatic heterocycles. The van der Waals surface area contributed by atoms with Crippen molar-refractivity contribution in [3.8, 4) is 0 Å². The first-order valence-corrected chi connectivity index (χ1v) is 7.15. The summed E-state index contributed by atoms with van der Waals surface area (Å²) in [4.78, 5) is 11.9. The van der Waals surface area contributed by atoms with Crippen LogP contribution >= 0.6 is 43.5 Å². The lowest BCUT2D eigenvalue weighted by molar-refractivity contribution is 0.0939. The normalized spacial score (nSPS) is 12.2. The lowest BCUT2D eigenvalue weighted by Crippen LogP contribution is -2.32. The van der Waals surface area contributed by atoms with E-state index in [9.17, 15) is 4.79 Å². The third-order valence-corrected chi connectivity index (χ3v) is 3.44. The van der Waals surface area contributed by atoms with E-state index in [1.165, 1.54) is 0 Å². The molecule has 0 aliphatic carbocycles. The van der Waals surface area contributed by atoms with Gasteiger partial charge in [0.1, 0.15) is 0 Å². The Kier molecular flexibility index (Phi) is 5.79. The number of nitrogens with one attached hydrogen (secondary N) is 1. The molecule has 1 atom stereocenters. The van der Waals surface area contributed by atoms with Gasteiger partial charge >= 0.3 is 0 Å². The molecule has 2 nitrogen and oxygen atoms in total. The fraction of sp³-hybridized carbons (Fsp3) is 0.364. The number of carbonyl (C=O) groups excluding carboxylic acids is 1. The Morgan fingerprint density at radius 3 is 2.81 bits per heavy atom. The molecule has 0 saturated carbocycles. The second-order valence-electron chi connectivity index (χ2n) is 3.48. The van der Waals surface area contributed by atoms with Gasteiger partial charge in [-0.2, -0.15) is 0 Å². The van der Waals surface area contributed by atoms with Crippen molar-refractivity contribution >= 4 is 49.4 Å². The van der Waals surface area contributed by atoms with Crippen LogP contribution in [0, 0.1) is 0 Å². The predicted molar refractivity (Wildman–Crippen MR) is 74.5 cm³/mol. The number of alkyl halides is 1. The Morgan fingerprint density at radius 1 is 1.56 bits per heavy atom. The molecule has 5 heteroatoms. The quantitative estimate of drug-likeness (QED) is 0.799. The molecule has 1 rings (SSSR count). The number of benzene rings is 1. The summed E-state index contributed by atoms with van der Waals surface area (Å²) in [6.45, 7) is 1.98. The zero-order valence-corrected chi connectivity index (χ0v) is 12.7. The summed E-state index contributed by atoms with van der Waals surface area (Å²) >= 11 is 12.5. The monoisotopic (exact) mass is 367 g/mol. The van der Waals surface area contributed by atoms with Gasteiger partial charge in [-0.25, -0.2) is 0 Å². The van der Waals surface area contributed by atoms with E-state index >= 15 is 0 Å². The average molecular weight is 369 g/mol. The first kappa shape index (κ1) is 14.0. The standard InChI is InChI=1S/C11H12Br2ClNO/c1-7(4-5-12)15-11(16)9-3-2-8(14)6-10(9)13/h2-3,6-7H,4-5H2,1H3,(H,15,16). The van der Waals surface area contributed by atoms with Crippen molar-refractivity contribution in [2.24, 2.45) is 0 Å². The van der Waals surface area contributed by atoms with Crippen LogP contribution < -0.4 is 5.32 Å². The van der Waals surface area contributed by atoms with E-state index in [1.54, 1.807) is 18.2 Å². The molecule has 0 radical (unpaired) electrons. The van der Waals surface area contributed by atoms with Crippen molar-refractivity contribution in [3.63, 3.8) is 0 Å². The van der Waals surface area contributed by atoms with Crippen molar-refractivity contribution in [2.45, 2.75) is 19.4 Å². The van der Waals surface area contributed by atoms with E-state index in [2.05, 4.69) is 37.2 Å². The van der Waals surface area contributed by atoms with E-state index in [1.807, 2.05) is 6.92 Å². The number of amides is 1. The number of halogens is 3. The molecule has 0 heterocycles. The van der Waals surface area contributed by atoms with Crippen LogP contribution in [0.4, 0.5) is 0 Å². The second-order valence-corrected chi connectivity index (χ2v) is 5.56. The summed E-state index contributed by atoms with van der Waals surface area (Å²) in [7, 11) is 0. The highest BCUT2D eigenvalue weighted by atomic mass is 79.9. The molecule has 1 aromatic carbocycles. The Balaban J connectivity index is 2.73. The lowest BCUT2D eigenvalue weighted by Gasteiger charge is -2.13. The van der Waals surface area contributed by atoms with Gasteiger partial charge in [-0.1, -0.05) is 27.5 Å². The number of hydrogen-bond donors (Lipinski definition) is 1. The van der Waals surface area contributed by atoms with Crippen molar-refractivity contribution in [2.75, 3.05) is 5.33 Å². The van der Waals surface area contributed by atoms with Gasteiger partial charge in [0.2, 0.25) is 0 Å². The third-order valence-electron chi connectivity index (χ3n) is 2.10. The number of hydrogen-bond acceptors (Lipinski definition) is 1. The first-order valence-electron chi connectivity index (χ1n) is 4.86. The van der Waals surface area contributed by atoms with Crippen LogP contribution in [0.25, 0.3) is 0 Å². The van der Waals surface area contributed by atoms with Gasteiger partial charge in [0.25, 0.3) is 5.91 Å². The number of rotatable bonds is 4. The van der Waals surface area contributed by atoms with Crippen molar-refractivity contribution in [1.82, 2.24) is 5.32 Å². The topological polar surface area (TPSA) is 29.1 Å². The van der Waals surface area contributed by atoms with Gasteiger partial charge < -0.3 is 5.32 Å².